The number of nitriles is 1. The normalized spacial score (nSPS) is 10.4. The third-order valence-electron chi connectivity index (χ3n) is 3.98. The molecule has 0 aliphatic rings. The maximum absolute atomic E-state index is 12.1. The van der Waals surface area contributed by atoms with Gasteiger partial charge in [0.15, 0.2) is 16.7 Å². The molecule has 1 N–H and O–H groups in total. The lowest BCUT2D eigenvalue weighted by atomic mass is 10.1. The molecule has 3 rings (SSSR count). The molecule has 0 saturated heterocycles. The van der Waals surface area contributed by atoms with Crippen molar-refractivity contribution in [2.75, 3.05) is 13.4 Å². The van der Waals surface area contributed by atoms with Crippen molar-refractivity contribution in [2.24, 2.45) is 0 Å². The molecule has 142 valence electrons. The van der Waals surface area contributed by atoms with E-state index in [0.29, 0.717) is 34.5 Å². The second-order valence-corrected chi connectivity index (χ2v) is 7.31. The summed E-state index contributed by atoms with van der Waals surface area (Å²) in [6.07, 6.45) is 1.80. The molecule has 0 amide bonds. The van der Waals surface area contributed by atoms with Crippen LogP contribution in [0, 0.1) is 11.3 Å². The van der Waals surface area contributed by atoms with Gasteiger partial charge in [-0.25, -0.2) is 4.98 Å². The SMILES string of the molecule is COc1cc(-c2nc(SC)[nH]c(=O)c2C#N)ccc1OCc1ccccc1Br. The Bertz CT molecular complexity index is 1110. The molecule has 3 aromatic rings. The molecule has 1 heterocycles. The number of H-pyrrole nitrogens is 1. The number of halogens is 1. The second kappa shape index (κ2) is 8.95. The fourth-order valence-corrected chi connectivity index (χ4v) is 3.34. The molecule has 0 aliphatic heterocycles. The van der Waals surface area contributed by atoms with E-state index in [1.807, 2.05) is 30.3 Å². The first kappa shape index (κ1) is 20.0. The highest BCUT2D eigenvalue weighted by Crippen LogP contribution is 2.33. The summed E-state index contributed by atoms with van der Waals surface area (Å²) in [5.41, 5.74) is 1.40. The quantitative estimate of drug-likeness (QED) is 0.436. The Morgan fingerprint density at radius 2 is 2.04 bits per heavy atom. The monoisotopic (exact) mass is 457 g/mol. The molecule has 0 saturated carbocycles. The summed E-state index contributed by atoms with van der Waals surface area (Å²) in [7, 11) is 1.54. The summed E-state index contributed by atoms with van der Waals surface area (Å²) in [6, 6.07) is 14.9. The molecule has 0 unspecified atom stereocenters. The number of hydrogen-bond donors (Lipinski definition) is 1. The van der Waals surface area contributed by atoms with Crippen LogP contribution < -0.4 is 15.0 Å². The summed E-state index contributed by atoms with van der Waals surface area (Å²) < 4.78 is 12.3. The highest BCUT2D eigenvalue weighted by molar-refractivity contribution is 9.10. The lowest BCUT2D eigenvalue weighted by Gasteiger charge is -2.13. The van der Waals surface area contributed by atoms with Gasteiger partial charge in [0.05, 0.1) is 12.8 Å². The van der Waals surface area contributed by atoms with Crippen molar-refractivity contribution in [3.8, 4) is 28.8 Å². The Kier molecular flexibility index (Phi) is 6.39. The fourth-order valence-electron chi connectivity index (χ4n) is 2.57. The van der Waals surface area contributed by atoms with Crippen molar-refractivity contribution >= 4 is 27.7 Å². The van der Waals surface area contributed by atoms with Gasteiger partial charge in [0.1, 0.15) is 18.2 Å². The van der Waals surface area contributed by atoms with Crippen molar-refractivity contribution < 1.29 is 9.47 Å². The lowest BCUT2D eigenvalue weighted by molar-refractivity contribution is 0.284. The fraction of sp³-hybridized carbons (Fsp3) is 0.150. The van der Waals surface area contributed by atoms with Gasteiger partial charge in [-0.15, -0.1) is 0 Å². The third kappa shape index (κ3) is 4.21. The highest BCUT2D eigenvalue weighted by atomic mass is 79.9. The summed E-state index contributed by atoms with van der Waals surface area (Å²) >= 11 is 4.79. The summed E-state index contributed by atoms with van der Waals surface area (Å²) in [4.78, 5) is 19.1. The van der Waals surface area contributed by atoms with Crippen LogP contribution in [0.5, 0.6) is 11.5 Å². The van der Waals surface area contributed by atoms with E-state index in [9.17, 15) is 10.1 Å². The zero-order valence-electron chi connectivity index (χ0n) is 15.2. The van der Waals surface area contributed by atoms with Gasteiger partial charge in [0.25, 0.3) is 5.56 Å². The van der Waals surface area contributed by atoms with E-state index in [2.05, 4.69) is 25.9 Å². The number of thioether (sulfide) groups is 1. The minimum atomic E-state index is -0.468. The Morgan fingerprint density at radius 3 is 2.71 bits per heavy atom. The molecule has 6 nitrogen and oxygen atoms in total. The smallest absolute Gasteiger partial charge is 0.270 e. The van der Waals surface area contributed by atoms with Gasteiger partial charge in [0.2, 0.25) is 0 Å². The predicted molar refractivity (Wildman–Crippen MR) is 112 cm³/mol. The maximum atomic E-state index is 12.1. The van der Waals surface area contributed by atoms with Crippen LogP contribution in [-0.4, -0.2) is 23.3 Å². The lowest BCUT2D eigenvalue weighted by Crippen LogP contribution is -2.14. The standard InChI is InChI=1S/C20H16BrN3O3S/c1-26-17-9-12(18-14(10-22)19(25)24-20(23-18)28-2)7-8-16(17)27-11-13-5-3-4-6-15(13)21/h3-9H,11H2,1-2H3,(H,23,24,25). The van der Waals surface area contributed by atoms with Crippen LogP contribution in [0.3, 0.4) is 0 Å². The molecule has 8 heteroatoms. The first-order valence-electron chi connectivity index (χ1n) is 8.20. The summed E-state index contributed by atoms with van der Waals surface area (Å²) in [6.45, 7) is 0.362. The summed E-state index contributed by atoms with van der Waals surface area (Å²) in [5, 5.41) is 9.80. The average molecular weight is 458 g/mol. The molecule has 1 aromatic heterocycles. The largest absolute Gasteiger partial charge is 0.493 e. The number of methoxy groups -OCH3 is 1. The second-order valence-electron chi connectivity index (χ2n) is 5.66. The van der Waals surface area contributed by atoms with Gasteiger partial charge < -0.3 is 14.5 Å². The number of aromatic nitrogens is 2. The number of nitrogens with zero attached hydrogens (tertiary/aromatic N) is 2. The van der Waals surface area contributed by atoms with Crippen molar-refractivity contribution in [2.45, 2.75) is 11.8 Å². The van der Waals surface area contributed by atoms with Crippen molar-refractivity contribution in [1.29, 1.82) is 5.26 Å². The third-order valence-corrected chi connectivity index (χ3v) is 5.33. The van der Waals surface area contributed by atoms with Gasteiger partial charge in [-0.2, -0.15) is 5.26 Å². The first-order chi connectivity index (χ1) is 13.6. The molecule has 28 heavy (non-hydrogen) atoms. The van der Waals surface area contributed by atoms with Crippen LogP contribution in [0.1, 0.15) is 11.1 Å². The number of nitrogens with one attached hydrogen (secondary N) is 1. The summed E-state index contributed by atoms with van der Waals surface area (Å²) in [5.74, 6) is 1.04. The number of aromatic amines is 1. The van der Waals surface area contributed by atoms with E-state index >= 15 is 0 Å². The van der Waals surface area contributed by atoms with E-state index in [1.165, 1.54) is 18.9 Å². The van der Waals surface area contributed by atoms with Crippen molar-refractivity contribution in [3.63, 3.8) is 0 Å². The van der Waals surface area contributed by atoms with Crippen LogP contribution >= 0.6 is 27.7 Å². The first-order valence-corrected chi connectivity index (χ1v) is 10.2. The van der Waals surface area contributed by atoms with Crippen LogP contribution in [-0.2, 0) is 6.61 Å². The van der Waals surface area contributed by atoms with Crippen LogP contribution in [0.4, 0.5) is 0 Å². The molecular formula is C20H16BrN3O3S. The Hall–Kier alpha value is -2.76. The minimum Gasteiger partial charge on any atom is -0.493 e. The number of benzene rings is 2. The minimum absolute atomic E-state index is 0.0401. The molecule has 0 radical (unpaired) electrons. The van der Waals surface area contributed by atoms with Gasteiger partial charge >= 0.3 is 0 Å². The Balaban J connectivity index is 1.96. The molecule has 0 spiro atoms. The van der Waals surface area contributed by atoms with E-state index in [4.69, 9.17) is 9.47 Å². The van der Waals surface area contributed by atoms with E-state index < -0.39 is 5.56 Å². The Morgan fingerprint density at radius 1 is 1.25 bits per heavy atom. The van der Waals surface area contributed by atoms with E-state index in [-0.39, 0.29) is 5.56 Å². The number of hydrogen-bond acceptors (Lipinski definition) is 6. The predicted octanol–water partition coefficient (Wildman–Crippen LogP) is 4.38. The number of rotatable bonds is 6. The molecule has 0 atom stereocenters. The van der Waals surface area contributed by atoms with Crippen molar-refractivity contribution in [3.05, 3.63) is 68.4 Å². The van der Waals surface area contributed by atoms with Crippen LogP contribution in [0.25, 0.3) is 11.3 Å². The maximum Gasteiger partial charge on any atom is 0.270 e. The van der Waals surface area contributed by atoms with Gasteiger partial charge in [-0.1, -0.05) is 45.9 Å². The van der Waals surface area contributed by atoms with Crippen LogP contribution in [0.2, 0.25) is 0 Å². The van der Waals surface area contributed by atoms with Gasteiger partial charge in [0, 0.05) is 15.6 Å². The molecule has 0 aliphatic carbocycles. The zero-order chi connectivity index (χ0) is 20.1. The zero-order valence-corrected chi connectivity index (χ0v) is 17.6. The Labute approximate surface area is 174 Å². The topological polar surface area (TPSA) is 88.0 Å². The van der Waals surface area contributed by atoms with E-state index in [0.717, 1.165) is 10.0 Å². The van der Waals surface area contributed by atoms with Crippen LogP contribution in [0.15, 0.2) is 56.9 Å². The average Bonchev–Trinajstić information content (AvgIpc) is 2.72. The molecule has 0 bridgehead atoms. The highest BCUT2D eigenvalue weighted by Gasteiger charge is 2.16. The van der Waals surface area contributed by atoms with E-state index in [1.54, 1.807) is 24.5 Å². The molecular weight excluding hydrogens is 442 g/mol. The molecule has 2 aromatic carbocycles. The molecule has 0 fully saturated rings. The van der Waals surface area contributed by atoms with Crippen molar-refractivity contribution in [1.82, 2.24) is 9.97 Å². The number of ether oxygens (including phenoxy) is 2. The van der Waals surface area contributed by atoms with Gasteiger partial charge in [-0.3, -0.25) is 4.79 Å². The van der Waals surface area contributed by atoms with Gasteiger partial charge in [-0.05, 0) is 30.5 Å².